The Morgan fingerprint density at radius 2 is 1.88 bits per heavy atom. The van der Waals surface area contributed by atoms with Crippen LogP contribution in [0.25, 0.3) is 11.1 Å². The third kappa shape index (κ3) is 4.89. The van der Waals surface area contributed by atoms with Gasteiger partial charge in [-0.05, 0) is 49.8 Å². The number of aryl methyl sites for hydroxylation is 1. The highest BCUT2D eigenvalue weighted by atomic mass is 16.6. The maximum Gasteiger partial charge on any atom is 0.410 e. The Morgan fingerprint density at radius 1 is 1.16 bits per heavy atom. The summed E-state index contributed by atoms with van der Waals surface area (Å²) in [5.74, 6) is -0.335. The minimum Gasteiger partial charge on any atom is -0.490 e. The Kier molecular flexibility index (Phi) is 6.67. The Morgan fingerprint density at radius 3 is 2.53 bits per heavy atom. The summed E-state index contributed by atoms with van der Waals surface area (Å²) in [6.45, 7) is 0.151. The highest BCUT2D eigenvalue weighted by molar-refractivity contribution is 5.70. The van der Waals surface area contributed by atoms with Crippen LogP contribution in [0.1, 0.15) is 50.6 Å². The van der Waals surface area contributed by atoms with Crippen LogP contribution in [0.5, 0.6) is 5.75 Å². The Bertz CT molecular complexity index is 949. The molecule has 2 atom stereocenters. The Hall–Kier alpha value is -3.03. The van der Waals surface area contributed by atoms with Crippen LogP contribution in [0.2, 0.25) is 0 Å². The largest absolute Gasteiger partial charge is 0.490 e. The van der Waals surface area contributed by atoms with Crippen molar-refractivity contribution in [3.05, 3.63) is 36.2 Å². The molecular formula is C24H31N3O5. The van der Waals surface area contributed by atoms with E-state index in [2.05, 4.69) is 5.10 Å². The molecule has 1 N–H and O–H groups in total. The van der Waals surface area contributed by atoms with Crippen LogP contribution >= 0.6 is 0 Å². The van der Waals surface area contributed by atoms with Crippen LogP contribution in [0.15, 0.2) is 30.5 Å². The molecule has 172 valence electrons. The molecule has 0 aliphatic heterocycles. The summed E-state index contributed by atoms with van der Waals surface area (Å²) in [7, 11) is 3.65. The molecule has 2 aromatic rings. The SMILES string of the molecule is CN(C(=O)OCc1c(-c2ccc(O[C@@H]3CC[C@@H](C(=O)O)C3)cc2)cnn1C)C1CCCC1. The molecule has 8 heteroatoms. The van der Waals surface area contributed by atoms with Gasteiger partial charge in [-0.3, -0.25) is 9.48 Å². The average molecular weight is 442 g/mol. The van der Waals surface area contributed by atoms with Crippen molar-refractivity contribution < 1.29 is 24.2 Å². The van der Waals surface area contributed by atoms with Crippen molar-refractivity contribution in [3.63, 3.8) is 0 Å². The first-order valence-corrected chi connectivity index (χ1v) is 11.3. The summed E-state index contributed by atoms with van der Waals surface area (Å²) in [4.78, 5) is 25.3. The minimum atomic E-state index is -0.745. The number of aromatic nitrogens is 2. The summed E-state index contributed by atoms with van der Waals surface area (Å²) in [6, 6.07) is 7.95. The molecule has 2 aliphatic carbocycles. The first-order chi connectivity index (χ1) is 15.4. The maximum atomic E-state index is 12.5. The molecule has 2 saturated carbocycles. The molecule has 0 radical (unpaired) electrons. The normalized spacial score (nSPS) is 20.9. The van der Waals surface area contributed by atoms with Gasteiger partial charge >= 0.3 is 12.1 Å². The summed E-state index contributed by atoms with van der Waals surface area (Å²) in [6.07, 6.45) is 7.76. The number of hydrogen-bond donors (Lipinski definition) is 1. The first-order valence-electron chi connectivity index (χ1n) is 11.3. The maximum absolute atomic E-state index is 12.5. The van der Waals surface area contributed by atoms with Crippen molar-refractivity contribution >= 4 is 12.1 Å². The summed E-state index contributed by atoms with van der Waals surface area (Å²) >= 11 is 0. The number of carboxylic acids is 1. The van der Waals surface area contributed by atoms with Crippen molar-refractivity contribution in [2.75, 3.05) is 7.05 Å². The van der Waals surface area contributed by atoms with E-state index in [0.29, 0.717) is 12.8 Å². The van der Waals surface area contributed by atoms with E-state index in [4.69, 9.17) is 14.6 Å². The number of nitrogens with zero attached hydrogens (tertiary/aromatic N) is 3. The minimum absolute atomic E-state index is 0.0628. The molecule has 0 unspecified atom stereocenters. The predicted octanol–water partition coefficient (Wildman–Crippen LogP) is 4.23. The molecule has 1 aromatic carbocycles. The fraction of sp³-hybridized carbons (Fsp3) is 0.542. The van der Waals surface area contributed by atoms with Crippen LogP contribution in [-0.2, 0) is 23.2 Å². The molecule has 1 amide bonds. The monoisotopic (exact) mass is 441 g/mol. The van der Waals surface area contributed by atoms with Gasteiger partial charge in [0, 0.05) is 25.7 Å². The number of aliphatic carboxylic acids is 1. The second kappa shape index (κ2) is 9.63. The van der Waals surface area contributed by atoms with Gasteiger partial charge in [0.05, 0.1) is 23.9 Å². The van der Waals surface area contributed by atoms with Gasteiger partial charge in [-0.1, -0.05) is 25.0 Å². The van der Waals surface area contributed by atoms with E-state index in [1.807, 2.05) is 38.4 Å². The van der Waals surface area contributed by atoms with Crippen LogP contribution in [0, 0.1) is 5.92 Å². The molecule has 0 saturated heterocycles. The standard InChI is InChI=1S/C24H31N3O5/c1-26(18-5-3-4-6-18)24(30)31-15-22-21(14-25-27(22)2)16-7-10-19(11-8-16)32-20-12-9-17(13-20)23(28)29/h7-8,10-11,14,17-18,20H,3-6,9,12-13,15H2,1-2H3,(H,28,29)/t17-,20-/m1/s1. The highest BCUT2D eigenvalue weighted by Crippen LogP contribution is 2.31. The third-order valence-electron chi connectivity index (χ3n) is 6.76. The van der Waals surface area contributed by atoms with Crippen LogP contribution in [-0.4, -0.2) is 51.0 Å². The molecule has 8 nitrogen and oxygen atoms in total. The number of carboxylic acid groups (broad SMARTS) is 1. The van der Waals surface area contributed by atoms with Gasteiger partial charge in [-0.15, -0.1) is 0 Å². The number of ether oxygens (including phenoxy) is 2. The van der Waals surface area contributed by atoms with Crippen molar-refractivity contribution in [3.8, 4) is 16.9 Å². The number of hydrogen-bond acceptors (Lipinski definition) is 5. The first kappa shape index (κ1) is 22.2. The lowest BCUT2D eigenvalue weighted by Crippen LogP contribution is -2.35. The highest BCUT2D eigenvalue weighted by Gasteiger charge is 2.31. The van der Waals surface area contributed by atoms with E-state index in [9.17, 15) is 9.59 Å². The van der Waals surface area contributed by atoms with Crippen molar-refractivity contribution in [2.24, 2.45) is 13.0 Å². The summed E-state index contributed by atoms with van der Waals surface area (Å²) in [5.41, 5.74) is 2.68. The Balaban J connectivity index is 1.38. The quantitative estimate of drug-likeness (QED) is 0.691. The average Bonchev–Trinajstić information content (AvgIpc) is 3.54. The number of rotatable bonds is 7. The van der Waals surface area contributed by atoms with Gasteiger partial charge < -0.3 is 19.5 Å². The van der Waals surface area contributed by atoms with Gasteiger partial charge in [0.2, 0.25) is 0 Å². The zero-order valence-electron chi connectivity index (χ0n) is 18.7. The van der Waals surface area contributed by atoms with Gasteiger partial charge in [0.25, 0.3) is 0 Å². The fourth-order valence-electron chi connectivity index (χ4n) is 4.72. The van der Waals surface area contributed by atoms with Crippen molar-refractivity contribution in [1.29, 1.82) is 0 Å². The number of benzene rings is 1. The molecule has 1 heterocycles. The topological polar surface area (TPSA) is 93.9 Å². The molecule has 32 heavy (non-hydrogen) atoms. The molecule has 2 fully saturated rings. The molecule has 0 spiro atoms. The zero-order chi connectivity index (χ0) is 22.7. The van der Waals surface area contributed by atoms with E-state index >= 15 is 0 Å². The Labute approximate surface area is 188 Å². The number of carbonyl (C=O) groups excluding carboxylic acids is 1. The van der Waals surface area contributed by atoms with Gasteiger partial charge in [-0.2, -0.15) is 5.10 Å². The van der Waals surface area contributed by atoms with Crippen molar-refractivity contribution in [2.45, 2.75) is 63.7 Å². The van der Waals surface area contributed by atoms with Gasteiger partial charge in [0.15, 0.2) is 0 Å². The van der Waals surface area contributed by atoms with E-state index in [1.165, 1.54) is 0 Å². The van der Waals surface area contributed by atoms with E-state index in [1.54, 1.807) is 15.8 Å². The predicted molar refractivity (Wildman–Crippen MR) is 118 cm³/mol. The number of amides is 1. The van der Waals surface area contributed by atoms with Crippen LogP contribution < -0.4 is 4.74 Å². The molecule has 1 aromatic heterocycles. The molecular weight excluding hydrogens is 410 g/mol. The van der Waals surface area contributed by atoms with E-state index in [0.717, 1.165) is 54.7 Å². The number of carbonyl (C=O) groups is 2. The molecule has 4 rings (SSSR count). The second-order valence-corrected chi connectivity index (χ2v) is 8.84. The lowest BCUT2D eigenvalue weighted by atomic mass is 10.1. The van der Waals surface area contributed by atoms with Crippen LogP contribution in [0.4, 0.5) is 4.79 Å². The lowest BCUT2D eigenvalue weighted by molar-refractivity contribution is -0.141. The lowest BCUT2D eigenvalue weighted by Gasteiger charge is -2.23. The second-order valence-electron chi connectivity index (χ2n) is 8.84. The van der Waals surface area contributed by atoms with Crippen LogP contribution in [0.3, 0.4) is 0 Å². The summed E-state index contributed by atoms with van der Waals surface area (Å²) < 4.78 is 13.3. The molecule has 0 bridgehead atoms. The van der Waals surface area contributed by atoms with Crippen molar-refractivity contribution in [1.82, 2.24) is 14.7 Å². The smallest absolute Gasteiger partial charge is 0.410 e. The zero-order valence-corrected chi connectivity index (χ0v) is 18.7. The van der Waals surface area contributed by atoms with E-state index in [-0.39, 0.29) is 30.8 Å². The summed E-state index contributed by atoms with van der Waals surface area (Å²) in [5, 5.41) is 13.5. The third-order valence-corrected chi connectivity index (χ3v) is 6.76. The fourth-order valence-corrected chi connectivity index (χ4v) is 4.72. The van der Waals surface area contributed by atoms with Gasteiger partial charge in [0.1, 0.15) is 12.4 Å². The van der Waals surface area contributed by atoms with Gasteiger partial charge in [-0.25, -0.2) is 4.79 Å². The van der Waals surface area contributed by atoms with E-state index < -0.39 is 5.97 Å². The molecule has 2 aliphatic rings.